The van der Waals surface area contributed by atoms with Crippen molar-refractivity contribution in [3.05, 3.63) is 52.5 Å². The molecule has 1 aliphatic carbocycles. The van der Waals surface area contributed by atoms with E-state index in [4.69, 9.17) is 4.98 Å². The largest absolute Gasteiger partial charge is 0.357 e. The number of hydrogen-bond donors (Lipinski definition) is 0. The first kappa shape index (κ1) is 19.9. The molecule has 0 radical (unpaired) electrons. The lowest BCUT2D eigenvalue weighted by molar-refractivity contribution is 0.401. The van der Waals surface area contributed by atoms with Crippen molar-refractivity contribution in [1.82, 2.24) is 19.5 Å². The van der Waals surface area contributed by atoms with Crippen LogP contribution < -0.4 is 15.4 Å². The third-order valence-corrected chi connectivity index (χ3v) is 6.51. The summed E-state index contributed by atoms with van der Waals surface area (Å²) in [5.74, 6) is 1.54. The maximum Gasteiger partial charge on any atom is 0.262 e. The van der Waals surface area contributed by atoms with E-state index in [9.17, 15) is 9.18 Å². The second-order valence-corrected chi connectivity index (χ2v) is 8.77. The minimum absolute atomic E-state index is 0.0202. The smallest absolute Gasteiger partial charge is 0.262 e. The lowest BCUT2D eigenvalue weighted by Crippen LogP contribution is -2.41. The van der Waals surface area contributed by atoms with Gasteiger partial charge >= 0.3 is 0 Å². The molecule has 162 valence electrons. The van der Waals surface area contributed by atoms with E-state index in [1.807, 2.05) is 36.2 Å². The number of benzene rings is 1. The summed E-state index contributed by atoms with van der Waals surface area (Å²) in [6.45, 7) is 2.38. The van der Waals surface area contributed by atoms with Crippen LogP contribution in [0.15, 0.2) is 35.4 Å². The number of para-hydroxylation sites is 1. The molecule has 8 heteroatoms. The molecule has 3 heterocycles. The molecule has 3 aromatic rings. The molecule has 0 bridgehead atoms. The number of nitrogens with zero attached hydrogens (tertiary/aromatic N) is 6. The topological polar surface area (TPSA) is 67.2 Å². The molecule has 5 rings (SSSR count). The molecule has 2 aliphatic rings. The Kier molecular flexibility index (Phi) is 5.08. The number of rotatable bonds is 5. The summed E-state index contributed by atoms with van der Waals surface area (Å²) in [6, 6.07) is 7.47. The number of halogens is 1. The van der Waals surface area contributed by atoms with Crippen LogP contribution >= 0.6 is 0 Å². The Bertz CT molecular complexity index is 1170. The standard InChI is InChI=1S/C23H27FN6O/c1-28(21-19(24)20(16-7-8-16)25-14-26-21)13-15-9-11-30(12-10-15)23-27-18-6-4-3-5-17(18)22(31)29(23)2/h3-6,14-16H,7-13H2,1-2H3. The van der Waals surface area contributed by atoms with Crippen LogP contribution in [0.2, 0.25) is 0 Å². The Labute approximate surface area is 180 Å². The van der Waals surface area contributed by atoms with Gasteiger partial charge in [-0.15, -0.1) is 0 Å². The second kappa shape index (κ2) is 7.90. The van der Waals surface area contributed by atoms with E-state index in [1.165, 1.54) is 6.33 Å². The summed E-state index contributed by atoms with van der Waals surface area (Å²) in [5, 5.41) is 0.641. The van der Waals surface area contributed by atoms with E-state index in [-0.39, 0.29) is 17.3 Å². The molecule has 1 saturated heterocycles. The molecular formula is C23H27FN6O. The van der Waals surface area contributed by atoms with E-state index in [1.54, 1.807) is 11.6 Å². The molecule has 0 unspecified atom stereocenters. The lowest BCUT2D eigenvalue weighted by atomic mass is 9.96. The monoisotopic (exact) mass is 422 g/mol. The van der Waals surface area contributed by atoms with Crippen LogP contribution in [0.5, 0.6) is 0 Å². The Morgan fingerprint density at radius 3 is 2.61 bits per heavy atom. The lowest BCUT2D eigenvalue weighted by Gasteiger charge is -2.35. The predicted molar refractivity (Wildman–Crippen MR) is 119 cm³/mol. The van der Waals surface area contributed by atoms with Gasteiger partial charge in [-0.05, 0) is 43.7 Å². The molecule has 1 aliphatic heterocycles. The van der Waals surface area contributed by atoms with Gasteiger partial charge in [0.2, 0.25) is 5.95 Å². The highest BCUT2D eigenvalue weighted by atomic mass is 19.1. The number of aromatic nitrogens is 4. The minimum atomic E-state index is -0.264. The fourth-order valence-electron chi connectivity index (χ4n) is 4.56. The molecule has 0 atom stereocenters. The van der Waals surface area contributed by atoms with Crippen molar-refractivity contribution >= 4 is 22.7 Å². The summed E-state index contributed by atoms with van der Waals surface area (Å²) in [6.07, 6.45) is 5.42. The van der Waals surface area contributed by atoms with Crippen LogP contribution in [0, 0.1) is 11.7 Å². The predicted octanol–water partition coefficient (Wildman–Crippen LogP) is 3.09. The van der Waals surface area contributed by atoms with Crippen LogP contribution in [0.4, 0.5) is 16.2 Å². The van der Waals surface area contributed by atoms with Crippen molar-refractivity contribution < 1.29 is 4.39 Å². The molecule has 2 fully saturated rings. The third kappa shape index (κ3) is 3.75. The number of piperidine rings is 1. The van der Waals surface area contributed by atoms with Crippen LogP contribution in [0.1, 0.15) is 37.3 Å². The highest BCUT2D eigenvalue weighted by Gasteiger charge is 2.31. The van der Waals surface area contributed by atoms with E-state index < -0.39 is 0 Å². The zero-order valence-corrected chi connectivity index (χ0v) is 18.0. The average Bonchev–Trinajstić information content (AvgIpc) is 3.62. The zero-order valence-electron chi connectivity index (χ0n) is 18.0. The molecule has 1 saturated carbocycles. The average molecular weight is 423 g/mol. The van der Waals surface area contributed by atoms with Gasteiger partial charge in [0.15, 0.2) is 11.6 Å². The van der Waals surface area contributed by atoms with Crippen molar-refractivity contribution in [3.8, 4) is 0 Å². The van der Waals surface area contributed by atoms with Crippen molar-refractivity contribution in [3.63, 3.8) is 0 Å². The van der Waals surface area contributed by atoms with Crippen LogP contribution in [0.3, 0.4) is 0 Å². The minimum Gasteiger partial charge on any atom is -0.357 e. The Hall–Kier alpha value is -3.03. The van der Waals surface area contributed by atoms with Crippen molar-refractivity contribution in [2.45, 2.75) is 31.6 Å². The van der Waals surface area contributed by atoms with Gasteiger partial charge in [-0.1, -0.05) is 12.1 Å². The molecule has 7 nitrogen and oxygen atoms in total. The normalized spacial score (nSPS) is 17.3. The fourth-order valence-corrected chi connectivity index (χ4v) is 4.56. The summed E-state index contributed by atoms with van der Waals surface area (Å²) >= 11 is 0. The van der Waals surface area contributed by atoms with Gasteiger partial charge in [0.25, 0.3) is 5.56 Å². The van der Waals surface area contributed by atoms with E-state index >= 15 is 0 Å². The maximum atomic E-state index is 14.8. The van der Waals surface area contributed by atoms with Gasteiger partial charge in [-0.25, -0.2) is 19.3 Å². The summed E-state index contributed by atoms with van der Waals surface area (Å²) in [7, 11) is 3.69. The SMILES string of the molecule is CN(CC1CCN(c2nc3ccccc3c(=O)n2C)CC1)c1ncnc(C2CC2)c1F. The van der Waals surface area contributed by atoms with Crippen LogP contribution in [-0.2, 0) is 7.05 Å². The van der Waals surface area contributed by atoms with Crippen LogP contribution in [-0.4, -0.2) is 46.2 Å². The maximum absolute atomic E-state index is 14.8. The quantitative estimate of drug-likeness (QED) is 0.630. The Balaban J connectivity index is 1.27. The first-order valence-electron chi connectivity index (χ1n) is 10.9. The van der Waals surface area contributed by atoms with Crippen LogP contribution in [0.25, 0.3) is 10.9 Å². The molecule has 1 aromatic carbocycles. The van der Waals surface area contributed by atoms with Gasteiger partial charge in [0, 0.05) is 39.6 Å². The van der Waals surface area contributed by atoms with E-state index in [0.29, 0.717) is 28.8 Å². The molecule has 0 N–H and O–H groups in total. The molecule has 2 aromatic heterocycles. The summed E-state index contributed by atoms with van der Waals surface area (Å²) in [4.78, 5) is 29.9. The Morgan fingerprint density at radius 2 is 1.87 bits per heavy atom. The van der Waals surface area contributed by atoms with Gasteiger partial charge in [-0.2, -0.15) is 0 Å². The Morgan fingerprint density at radius 1 is 1.13 bits per heavy atom. The zero-order chi connectivity index (χ0) is 21.5. The van der Waals surface area contributed by atoms with Crippen molar-refractivity contribution in [2.75, 3.05) is 36.5 Å². The number of anilines is 2. The number of hydrogen-bond acceptors (Lipinski definition) is 6. The second-order valence-electron chi connectivity index (χ2n) is 8.77. The number of fused-ring (bicyclic) bond motifs is 1. The van der Waals surface area contributed by atoms with Gasteiger partial charge in [-0.3, -0.25) is 9.36 Å². The van der Waals surface area contributed by atoms with Crippen molar-refractivity contribution in [1.29, 1.82) is 0 Å². The fraction of sp³-hybridized carbons (Fsp3) is 0.478. The highest BCUT2D eigenvalue weighted by Crippen LogP contribution is 2.41. The summed E-state index contributed by atoms with van der Waals surface area (Å²) in [5.41, 5.74) is 1.27. The molecule has 31 heavy (non-hydrogen) atoms. The van der Waals surface area contributed by atoms with E-state index in [0.717, 1.165) is 50.8 Å². The van der Waals surface area contributed by atoms with Gasteiger partial charge in [0.1, 0.15) is 6.33 Å². The highest BCUT2D eigenvalue weighted by molar-refractivity contribution is 5.78. The molecule has 0 spiro atoms. The van der Waals surface area contributed by atoms with Gasteiger partial charge in [0.05, 0.1) is 16.6 Å². The van der Waals surface area contributed by atoms with Gasteiger partial charge < -0.3 is 9.80 Å². The van der Waals surface area contributed by atoms with E-state index in [2.05, 4.69) is 14.9 Å². The summed E-state index contributed by atoms with van der Waals surface area (Å²) < 4.78 is 16.5. The van der Waals surface area contributed by atoms with Crippen molar-refractivity contribution in [2.24, 2.45) is 13.0 Å². The third-order valence-electron chi connectivity index (χ3n) is 6.51. The molecular weight excluding hydrogens is 395 g/mol. The first-order chi connectivity index (χ1) is 15.0. The first-order valence-corrected chi connectivity index (χ1v) is 10.9. The molecule has 0 amide bonds.